The normalized spacial score (nSPS) is 12.7. The maximum absolute atomic E-state index is 13.4. The number of ketones is 1. The molecule has 0 aromatic heterocycles. The number of nitrogens with one attached hydrogen (secondary N) is 1. The minimum absolute atomic E-state index is 0.0226. The Kier molecular flexibility index (Phi) is 8.02. The maximum atomic E-state index is 13.4. The van der Waals surface area contributed by atoms with E-state index in [2.05, 4.69) is 5.32 Å². The molecule has 12 heteroatoms. The monoisotopic (exact) mass is 460 g/mol. The van der Waals surface area contributed by atoms with Crippen molar-refractivity contribution < 1.29 is 29.6 Å². The number of nitrogens with two attached hydrogens (primary N) is 1. The highest BCUT2D eigenvalue weighted by atomic mass is 16.6. The van der Waals surface area contributed by atoms with Gasteiger partial charge in [-0.2, -0.15) is 0 Å². The zero-order chi connectivity index (χ0) is 24.9. The van der Waals surface area contributed by atoms with Crippen LogP contribution in [-0.4, -0.2) is 43.9 Å². The minimum Gasteiger partial charge on any atom is -0.508 e. The third-order valence-electron chi connectivity index (χ3n) is 4.86. The first-order chi connectivity index (χ1) is 15.4. The molecule has 0 spiro atoms. The van der Waals surface area contributed by atoms with Crippen LogP contribution in [0.5, 0.6) is 5.75 Å². The third kappa shape index (κ3) is 6.46. The summed E-state index contributed by atoms with van der Waals surface area (Å²) in [6, 6.07) is 4.62. The van der Waals surface area contributed by atoms with Gasteiger partial charge in [-0.1, -0.05) is 19.9 Å². The number of nitrogens with zero attached hydrogens (tertiary/aromatic N) is 2. The molecule has 2 rings (SSSR count). The summed E-state index contributed by atoms with van der Waals surface area (Å²) in [5.74, 6) is -2.07. The predicted molar refractivity (Wildman–Crippen MR) is 118 cm³/mol. The average Bonchev–Trinajstić information content (AvgIpc) is 2.73. The van der Waals surface area contributed by atoms with Crippen molar-refractivity contribution in [3.8, 4) is 5.75 Å². The van der Waals surface area contributed by atoms with Crippen LogP contribution in [0.1, 0.15) is 36.2 Å². The van der Waals surface area contributed by atoms with Crippen LogP contribution in [-0.2, 0) is 11.2 Å². The molecule has 2 atom stereocenters. The van der Waals surface area contributed by atoms with Gasteiger partial charge in [0.05, 0.1) is 22.0 Å². The number of benzene rings is 2. The van der Waals surface area contributed by atoms with E-state index in [1.54, 1.807) is 0 Å². The lowest BCUT2D eigenvalue weighted by Gasteiger charge is -2.22. The Labute approximate surface area is 188 Å². The number of phenolic OH excluding ortho intramolecular Hbond substituents is 1. The highest BCUT2D eigenvalue weighted by molar-refractivity contribution is 6.03. The number of anilines is 1. The highest BCUT2D eigenvalue weighted by Gasteiger charge is 2.28. The van der Waals surface area contributed by atoms with E-state index in [0.717, 1.165) is 18.2 Å². The second-order valence-electron chi connectivity index (χ2n) is 7.90. The van der Waals surface area contributed by atoms with Gasteiger partial charge in [-0.3, -0.25) is 29.8 Å². The van der Waals surface area contributed by atoms with Gasteiger partial charge in [-0.15, -0.1) is 0 Å². The van der Waals surface area contributed by atoms with Crippen molar-refractivity contribution >= 4 is 28.8 Å². The third-order valence-corrected chi connectivity index (χ3v) is 4.86. The zero-order valence-corrected chi connectivity index (χ0v) is 17.9. The molecule has 0 bridgehead atoms. The van der Waals surface area contributed by atoms with E-state index in [0.29, 0.717) is 5.56 Å². The summed E-state index contributed by atoms with van der Waals surface area (Å²) in [5.41, 5.74) is 4.79. The summed E-state index contributed by atoms with van der Waals surface area (Å²) in [4.78, 5) is 45.5. The summed E-state index contributed by atoms with van der Waals surface area (Å²) in [7, 11) is 0. The molecule has 0 saturated heterocycles. The first-order valence-corrected chi connectivity index (χ1v) is 9.94. The molecule has 0 unspecified atom stereocenters. The largest absolute Gasteiger partial charge is 0.508 e. The summed E-state index contributed by atoms with van der Waals surface area (Å²) < 4.78 is 0. The molecule has 5 N–H and O–H groups in total. The van der Waals surface area contributed by atoms with E-state index >= 15 is 0 Å². The van der Waals surface area contributed by atoms with Gasteiger partial charge in [0.2, 0.25) is 0 Å². The highest BCUT2D eigenvalue weighted by Crippen LogP contribution is 2.31. The van der Waals surface area contributed by atoms with Gasteiger partial charge in [-0.25, -0.2) is 0 Å². The number of carboxylic acid groups (broad SMARTS) is 1. The number of aliphatic carboxylic acids is 1. The predicted octanol–water partition coefficient (Wildman–Crippen LogP) is 2.87. The molecule has 176 valence electrons. The van der Waals surface area contributed by atoms with Crippen molar-refractivity contribution in [3.05, 3.63) is 67.8 Å². The van der Waals surface area contributed by atoms with Gasteiger partial charge < -0.3 is 21.3 Å². The van der Waals surface area contributed by atoms with Gasteiger partial charge in [0.25, 0.3) is 11.4 Å². The summed E-state index contributed by atoms with van der Waals surface area (Å²) >= 11 is 0. The number of Topliss-reactive ketones (excluding diaryl/α,β-unsaturated/α-hetero) is 1. The molecule has 0 saturated carbocycles. The van der Waals surface area contributed by atoms with Crippen molar-refractivity contribution in [2.75, 3.05) is 5.32 Å². The Hall–Kier alpha value is -4.06. The van der Waals surface area contributed by atoms with Crippen LogP contribution in [0.3, 0.4) is 0 Å². The van der Waals surface area contributed by atoms with Gasteiger partial charge in [-0.05, 0) is 42.5 Å². The van der Waals surface area contributed by atoms with Crippen LogP contribution in [0.2, 0.25) is 0 Å². The van der Waals surface area contributed by atoms with E-state index in [1.807, 2.05) is 13.8 Å². The van der Waals surface area contributed by atoms with Crippen molar-refractivity contribution in [1.29, 1.82) is 0 Å². The van der Waals surface area contributed by atoms with Crippen molar-refractivity contribution in [3.63, 3.8) is 0 Å². The number of aromatic hydroxyl groups is 1. The van der Waals surface area contributed by atoms with Gasteiger partial charge >= 0.3 is 5.97 Å². The lowest BCUT2D eigenvalue weighted by molar-refractivity contribution is -0.393. The Morgan fingerprint density at radius 1 is 1.09 bits per heavy atom. The van der Waals surface area contributed by atoms with Crippen LogP contribution in [0.15, 0.2) is 36.4 Å². The molecule has 0 aliphatic carbocycles. The van der Waals surface area contributed by atoms with Crippen LogP contribution in [0.4, 0.5) is 17.1 Å². The van der Waals surface area contributed by atoms with Gasteiger partial charge in [0.15, 0.2) is 5.78 Å². The van der Waals surface area contributed by atoms with Crippen LogP contribution in [0, 0.1) is 26.1 Å². The number of non-ortho nitro benzene ring substituents is 1. The number of nitro groups is 2. The lowest BCUT2D eigenvalue weighted by Crippen LogP contribution is -2.35. The van der Waals surface area contributed by atoms with E-state index < -0.39 is 45.1 Å². The Morgan fingerprint density at radius 2 is 1.76 bits per heavy atom. The first-order valence-electron chi connectivity index (χ1n) is 9.94. The van der Waals surface area contributed by atoms with Crippen LogP contribution >= 0.6 is 0 Å². The fraction of sp³-hybridized carbons (Fsp3) is 0.333. The number of rotatable bonds is 11. The summed E-state index contributed by atoms with van der Waals surface area (Å²) in [6.07, 6.45) is 0.0514. The molecule has 0 aliphatic rings. The Bertz CT molecular complexity index is 1090. The molecule has 0 radical (unpaired) electrons. The quantitative estimate of drug-likeness (QED) is 0.219. The second-order valence-corrected chi connectivity index (χ2v) is 7.90. The zero-order valence-electron chi connectivity index (χ0n) is 17.9. The summed E-state index contributed by atoms with van der Waals surface area (Å²) in [5, 5.41) is 44.3. The fourth-order valence-electron chi connectivity index (χ4n) is 3.28. The summed E-state index contributed by atoms with van der Waals surface area (Å²) in [6.45, 7) is 3.66. The maximum Gasteiger partial charge on any atom is 0.320 e. The van der Waals surface area contributed by atoms with Crippen molar-refractivity contribution in [2.45, 2.75) is 38.8 Å². The molecule has 12 nitrogen and oxygen atoms in total. The minimum atomic E-state index is -1.28. The standard InChI is InChI=1S/C21H24N4O8/c1-11(2)7-18(23-17-6-4-13(24(30)31)9-19(17)25(32)33)20(27)15-10-14(26)5-3-12(15)8-16(22)21(28)29/h3-6,9-11,16,18,23,26H,7-8,22H2,1-2H3,(H,28,29)/t16-,18-/m0/s1. The molecule has 0 aliphatic heterocycles. The fourth-order valence-corrected chi connectivity index (χ4v) is 3.28. The van der Waals surface area contributed by atoms with E-state index in [9.17, 15) is 34.9 Å². The van der Waals surface area contributed by atoms with Crippen molar-refractivity contribution in [2.24, 2.45) is 11.7 Å². The second kappa shape index (κ2) is 10.5. The van der Waals surface area contributed by atoms with Crippen LogP contribution < -0.4 is 11.1 Å². The Morgan fingerprint density at radius 3 is 2.30 bits per heavy atom. The number of carbonyl (C=O) groups is 2. The molecule has 2 aromatic rings. The number of nitro benzene ring substituents is 2. The lowest BCUT2D eigenvalue weighted by atomic mass is 9.90. The number of hydrogen-bond donors (Lipinski definition) is 4. The first kappa shape index (κ1) is 25.2. The molecule has 2 aromatic carbocycles. The van der Waals surface area contributed by atoms with Crippen LogP contribution in [0.25, 0.3) is 0 Å². The smallest absolute Gasteiger partial charge is 0.320 e. The van der Waals surface area contributed by atoms with Gasteiger partial charge in [0.1, 0.15) is 17.5 Å². The molecule has 33 heavy (non-hydrogen) atoms. The molecular weight excluding hydrogens is 436 g/mol. The van der Waals surface area contributed by atoms with E-state index in [1.165, 1.54) is 18.2 Å². The number of phenols is 1. The number of carboxylic acids is 1. The average molecular weight is 460 g/mol. The molecule has 0 fully saturated rings. The van der Waals surface area contributed by atoms with Crippen molar-refractivity contribution in [1.82, 2.24) is 0 Å². The van der Waals surface area contributed by atoms with E-state index in [4.69, 9.17) is 10.8 Å². The molecular formula is C21H24N4O8. The van der Waals surface area contributed by atoms with Gasteiger partial charge in [0, 0.05) is 11.6 Å². The Balaban J connectivity index is 2.49. The number of carbonyl (C=O) groups excluding carboxylic acids is 1. The van der Waals surface area contributed by atoms with E-state index in [-0.39, 0.29) is 35.8 Å². The topological polar surface area (TPSA) is 199 Å². The SMILES string of the molecule is CC(C)C[C@H](Nc1ccc([N+](=O)[O-])cc1[N+](=O)[O-])C(=O)c1cc(O)ccc1C[C@H](N)C(=O)O. The number of hydrogen-bond acceptors (Lipinski definition) is 9. The molecule has 0 heterocycles. The molecule has 0 amide bonds.